The molecule has 0 aliphatic carbocycles. The lowest BCUT2D eigenvalue weighted by atomic mass is 10.1. The van der Waals surface area contributed by atoms with Gasteiger partial charge in [-0.05, 0) is 22.9 Å². The van der Waals surface area contributed by atoms with Crippen molar-refractivity contribution in [2.75, 3.05) is 0 Å². The van der Waals surface area contributed by atoms with E-state index in [0.717, 1.165) is 0 Å². The molecule has 0 unspecified atom stereocenters. The Kier molecular flexibility index (Phi) is 3.77. The summed E-state index contributed by atoms with van der Waals surface area (Å²) >= 11 is 3.19. The van der Waals surface area contributed by atoms with Crippen LogP contribution < -0.4 is 0 Å². The van der Waals surface area contributed by atoms with E-state index in [0.29, 0.717) is 15.9 Å². The highest BCUT2D eigenvalue weighted by atomic mass is 79.9. The molecule has 90 valence electrons. The van der Waals surface area contributed by atoms with Gasteiger partial charge < -0.3 is 0 Å². The number of halogens is 4. The maximum absolute atomic E-state index is 12.0. The van der Waals surface area contributed by atoms with Crippen LogP contribution in [0.4, 0.5) is 13.2 Å². The van der Waals surface area contributed by atoms with Crippen molar-refractivity contribution < 1.29 is 18.0 Å². The Morgan fingerprint density at radius 1 is 1.50 bits per heavy atom. The molecule has 0 bridgehead atoms. The molecule has 0 fully saturated rings. The van der Waals surface area contributed by atoms with Crippen LogP contribution in [0.15, 0.2) is 4.47 Å². The first-order chi connectivity index (χ1) is 7.20. The second kappa shape index (κ2) is 4.57. The first-order valence-corrected chi connectivity index (χ1v) is 5.26. The number of ketones is 1. The molecule has 1 heterocycles. The highest BCUT2D eigenvalue weighted by Gasteiger charge is 2.31. The minimum atomic E-state index is -4.45. The molecule has 0 aromatic carbocycles. The third-order valence-corrected chi connectivity index (χ3v) is 3.06. The van der Waals surface area contributed by atoms with E-state index < -0.39 is 18.4 Å². The summed E-state index contributed by atoms with van der Waals surface area (Å²) < 4.78 is 37.9. The van der Waals surface area contributed by atoms with E-state index in [1.54, 1.807) is 14.0 Å². The zero-order chi connectivity index (χ0) is 12.5. The lowest BCUT2D eigenvalue weighted by molar-refractivity contribution is -0.151. The summed E-state index contributed by atoms with van der Waals surface area (Å²) in [5.74, 6) is -0.865. The standard InChI is InChI=1S/C9H10BrF3N2O/c1-5-8(10)7(15(2)14-5)3-6(16)4-9(11,12)13/h3-4H2,1-2H3. The first kappa shape index (κ1) is 13.2. The molecule has 16 heavy (non-hydrogen) atoms. The van der Waals surface area contributed by atoms with Crippen LogP contribution in [-0.4, -0.2) is 21.7 Å². The minimum Gasteiger partial charge on any atom is -0.299 e. The zero-order valence-corrected chi connectivity index (χ0v) is 10.3. The lowest BCUT2D eigenvalue weighted by Gasteiger charge is -2.05. The van der Waals surface area contributed by atoms with Gasteiger partial charge in [-0.15, -0.1) is 0 Å². The summed E-state index contributed by atoms with van der Waals surface area (Å²) in [6, 6.07) is 0. The van der Waals surface area contributed by atoms with Crippen molar-refractivity contribution in [1.29, 1.82) is 0 Å². The van der Waals surface area contributed by atoms with Gasteiger partial charge in [0, 0.05) is 13.5 Å². The second-order valence-electron chi connectivity index (χ2n) is 3.48. The Morgan fingerprint density at radius 3 is 2.44 bits per heavy atom. The molecule has 0 radical (unpaired) electrons. The fourth-order valence-corrected chi connectivity index (χ4v) is 1.82. The monoisotopic (exact) mass is 298 g/mol. The molecule has 0 N–H and O–H groups in total. The quantitative estimate of drug-likeness (QED) is 0.859. The summed E-state index contributed by atoms with van der Waals surface area (Å²) in [6.45, 7) is 1.71. The van der Waals surface area contributed by atoms with Gasteiger partial charge in [0.25, 0.3) is 0 Å². The van der Waals surface area contributed by atoms with Crippen LogP contribution in [-0.2, 0) is 18.3 Å². The molecular formula is C9H10BrF3N2O. The molecule has 0 atom stereocenters. The Hall–Kier alpha value is -0.850. The number of hydrogen-bond acceptors (Lipinski definition) is 2. The molecule has 1 aromatic heterocycles. The van der Waals surface area contributed by atoms with Crippen molar-refractivity contribution in [3.63, 3.8) is 0 Å². The van der Waals surface area contributed by atoms with Gasteiger partial charge in [0.05, 0.1) is 15.9 Å². The van der Waals surface area contributed by atoms with E-state index in [1.807, 2.05) is 0 Å². The summed E-state index contributed by atoms with van der Waals surface area (Å²) in [5.41, 5.74) is 1.11. The van der Waals surface area contributed by atoms with Gasteiger partial charge in [0.1, 0.15) is 12.2 Å². The average molecular weight is 299 g/mol. The van der Waals surface area contributed by atoms with Crippen LogP contribution in [0.1, 0.15) is 17.8 Å². The third-order valence-electron chi connectivity index (χ3n) is 2.02. The van der Waals surface area contributed by atoms with E-state index in [2.05, 4.69) is 21.0 Å². The first-order valence-electron chi connectivity index (χ1n) is 4.47. The molecule has 0 aliphatic rings. The van der Waals surface area contributed by atoms with Crippen molar-refractivity contribution in [1.82, 2.24) is 9.78 Å². The van der Waals surface area contributed by atoms with Crippen LogP contribution in [0.25, 0.3) is 0 Å². The molecule has 1 rings (SSSR count). The maximum atomic E-state index is 12.0. The van der Waals surface area contributed by atoms with Gasteiger partial charge in [-0.25, -0.2) is 0 Å². The Labute approximate surface area is 98.8 Å². The van der Waals surface area contributed by atoms with Gasteiger partial charge in [-0.1, -0.05) is 0 Å². The van der Waals surface area contributed by atoms with E-state index in [4.69, 9.17) is 0 Å². The van der Waals surface area contributed by atoms with Gasteiger partial charge in [0.2, 0.25) is 0 Å². The van der Waals surface area contributed by atoms with Crippen LogP contribution >= 0.6 is 15.9 Å². The van der Waals surface area contributed by atoms with Crippen LogP contribution in [0.5, 0.6) is 0 Å². The van der Waals surface area contributed by atoms with Gasteiger partial charge >= 0.3 is 6.18 Å². The topological polar surface area (TPSA) is 34.9 Å². The van der Waals surface area contributed by atoms with Crippen molar-refractivity contribution in [2.45, 2.75) is 25.9 Å². The Bertz CT molecular complexity index is 412. The third kappa shape index (κ3) is 3.33. The largest absolute Gasteiger partial charge is 0.395 e. The number of aromatic nitrogens is 2. The number of carbonyl (C=O) groups is 1. The number of nitrogens with zero attached hydrogens (tertiary/aromatic N) is 2. The highest BCUT2D eigenvalue weighted by molar-refractivity contribution is 9.10. The molecule has 1 aromatic rings. The van der Waals surface area contributed by atoms with Crippen molar-refractivity contribution in [2.24, 2.45) is 7.05 Å². The van der Waals surface area contributed by atoms with E-state index in [1.165, 1.54) is 4.68 Å². The fraction of sp³-hybridized carbons (Fsp3) is 0.556. The van der Waals surface area contributed by atoms with Crippen LogP contribution in [0.3, 0.4) is 0 Å². The minimum absolute atomic E-state index is 0.266. The predicted molar refractivity (Wildman–Crippen MR) is 55.0 cm³/mol. The lowest BCUT2D eigenvalue weighted by Crippen LogP contribution is -2.17. The molecular weight excluding hydrogens is 289 g/mol. The zero-order valence-electron chi connectivity index (χ0n) is 8.73. The number of Topliss-reactive ketones (excluding diaryl/α,β-unsaturated/α-hetero) is 1. The molecule has 0 saturated carbocycles. The number of hydrogen-bond donors (Lipinski definition) is 0. The SMILES string of the molecule is Cc1nn(C)c(CC(=O)CC(F)(F)F)c1Br. The molecule has 7 heteroatoms. The maximum Gasteiger partial charge on any atom is 0.395 e. The van der Waals surface area contributed by atoms with Gasteiger partial charge in [-0.3, -0.25) is 9.48 Å². The molecule has 0 amide bonds. The molecule has 0 saturated heterocycles. The highest BCUT2D eigenvalue weighted by Crippen LogP contribution is 2.24. The van der Waals surface area contributed by atoms with Gasteiger partial charge in [-0.2, -0.15) is 18.3 Å². The van der Waals surface area contributed by atoms with Crippen molar-refractivity contribution in [3.05, 3.63) is 15.9 Å². The van der Waals surface area contributed by atoms with E-state index in [-0.39, 0.29) is 6.42 Å². The Balaban J connectivity index is 2.78. The predicted octanol–water partition coefficient (Wildman–Crippen LogP) is 2.56. The second-order valence-corrected chi connectivity index (χ2v) is 4.27. The van der Waals surface area contributed by atoms with Crippen LogP contribution in [0, 0.1) is 6.92 Å². The van der Waals surface area contributed by atoms with Gasteiger partial charge in [0.15, 0.2) is 0 Å². The van der Waals surface area contributed by atoms with Crippen molar-refractivity contribution >= 4 is 21.7 Å². The summed E-state index contributed by atoms with van der Waals surface area (Å²) in [6.07, 6.45) is -6.11. The molecule has 3 nitrogen and oxygen atoms in total. The van der Waals surface area contributed by atoms with Crippen molar-refractivity contribution in [3.8, 4) is 0 Å². The van der Waals surface area contributed by atoms with E-state index >= 15 is 0 Å². The molecule has 0 spiro atoms. The average Bonchev–Trinajstić information content (AvgIpc) is 2.29. The normalized spacial score (nSPS) is 11.9. The summed E-state index contributed by atoms with van der Waals surface area (Å²) in [7, 11) is 1.59. The summed E-state index contributed by atoms with van der Waals surface area (Å²) in [5, 5.41) is 4.00. The number of alkyl halides is 3. The number of aryl methyl sites for hydroxylation is 2. The number of carbonyl (C=O) groups excluding carboxylic acids is 1. The molecule has 0 aliphatic heterocycles. The van der Waals surface area contributed by atoms with Crippen LogP contribution in [0.2, 0.25) is 0 Å². The van der Waals surface area contributed by atoms with E-state index in [9.17, 15) is 18.0 Å². The smallest absolute Gasteiger partial charge is 0.299 e. The summed E-state index contributed by atoms with van der Waals surface area (Å²) in [4.78, 5) is 11.2. The Morgan fingerprint density at radius 2 is 2.06 bits per heavy atom. The fourth-order valence-electron chi connectivity index (χ4n) is 1.34. The number of rotatable bonds is 3.